The summed E-state index contributed by atoms with van der Waals surface area (Å²) in [6.45, 7) is 2.65. The molecule has 1 aliphatic heterocycles. The van der Waals surface area contributed by atoms with E-state index in [9.17, 15) is 4.79 Å². The minimum Gasteiger partial charge on any atom is -0.365 e. The van der Waals surface area contributed by atoms with E-state index in [4.69, 9.17) is 4.52 Å². The summed E-state index contributed by atoms with van der Waals surface area (Å²) in [5.74, 6) is 0.647. The molecule has 0 aromatic carbocycles. The van der Waals surface area contributed by atoms with Gasteiger partial charge >= 0.3 is 0 Å². The zero-order chi connectivity index (χ0) is 13.9. The molecule has 0 spiro atoms. The number of amides is 1. The van der Waals surface area contributed by atoms with Gasteiger partial charge in [-0.25, -0.2) is 0 Å². The zero-order valence-corrected chi connectivity index (χ0v) is 11.5. The largest absolute Gasteiger partial charge is 0.365 e. The Kier molecular flexibility index (Phi) is 3.54. The molecule has 1 amide bonds. The molecule has 1 saturated heterocycles. The van der Waals surface area contributed by atoms with Crippen LogP contribution in [0, 0.1) is 6.92 Å². The minimum atomic E-state index is -0.0851. The lowest BCUT2D eigenvalue weighted by molar-refractivity contribution is 0.0670. The van der Waals surface area contributed by atoms with Crippen molar-refractivity contribution < 1.29 is 9.32 Å². The van der Waals surface area contributed by atoms with Crippen LogP contribution in [0.25, 0.3) is 0 Å². The fourth-order valence-electron chi connectivity index (χ4n) is 2.78. The Hall–Kier alpha value is -2.11. The van der Waals surface area contributed by atoms with E-state index < -0.39 is 0 Å². The highest BCUT2D eigenvalue weighted by molar-refractivity contribution is 5.95. The number of likely N-dealkylation sites (tertiary alicyclic amines) is 1. The Morgan fingerprint density at radius 2 is 2.35 bits per heavy atom. The van der Waals surface area contributed by atoms with Gasteiger partial charge in [0.25, 0.3) is 5.91 Å². The first-order valence-corrected chi connectivity index (χ1v) is 6.98. The summed E-state index contributed by atoms with van der Waals surface area (Å²) >= 11 is 0. The van der Waals surface area contributed by atoms with Crippen LogP contribution < -0.4 is 0 Å². The van der Waals surface area contributed by atoms with E-state index in [1.54, 1.807) is 6.20 Å². The van der Waals surface area contributed by atoms with Gasteiger partial charge in [0.15, 0.2) is 5.82 Å². The maximum Gasteiger partial charge on any atom is 0.256 e. The van der Waals surface area contributed by atoms with E-state index in [-0.39, 0.29) is 11.9 Å². The molecular formula is C14H18N4O2. The third kappa shape index (κ3) is 2.33. The molecule has 1 N–H and O–H groups in total. The van der Waals surface area contributed by atoms with E-state index in [2.05, 4.69) is 15.1 Å². The molecule has 106 valence electrons. The molecule has 0 aliphatic carbocycles. The molecular weight excluding hydrogens is 256 g/mol. The number of aromatic amines is 1. The van der Waals surface area contributed by atoms with Crippen molar-refractivity contribution in [2.24, 2.45) is 0 Å². The zero-order valence-electron chi connectivity index (χ0n) is 11.5. The topological polar surface area (TPSA) is 75.0 Å². The quantitative estimate of drug-likeness (QED) is 0.912. The molecule has 1 aliphatic rings. The first kappa shape index (κ1) is 12.9. The summed E-state index contributed by atoms with van der Waals surface area (Å²) in [4.78, 5) is 21.8. The minimum absolute atomic E-state index is 0.0421. The van der Waals surface area contributed by atoms with Crippen LogP contribution in [0.3, 0.4) is 0 Å². The van der Waals surface area contributed by atoms with Crippen molar-refractivity contribution in [1.29, 1.82) is 0 Å². The Morgan fingerprint density at radius 1 is 1.45 bits per heavy atom. The van der Waals surface area contributed by atoms with E-state index in [1.165, 1.54) is 6.39 Å². The summed E-state index contributed by atoms with van der Waals surface area (Å²) < 4.78 is 4.85. The van der Waals surface area contributed by atoms with Crippen molar-refractivity contribution >= 4 is 5.91 Å². The lowest BCUT2D eigenvalue weighted by Gasteiger charge is -2.27. The molecule has 2 aromatic heterocycles. The second kappa shape index (κ2) is 5.48. The van der Waals surface area contributed by atoms with Gasteiger partial charge in [-0.15, -0.1) is 0 Å². The van der Waals surface area contributed by atoms with E-state index in [0.717, 1.165) is 43.5 Å². The van der Waals surface area contributed by atoms with Crippen molar-refractivity contribution in [3.63, 3.8) is 0 Å². The van der Waals surface area contributed by atoms with E-state index >= 15 is 0 Å². The van der Waals surface area contributed by atoms with Crippen LogP contribution in [0.2, 0.25) is 0 Å². The molecule has 20 heavy (non-hydrogen) atoms. The Labute approximate surface area is 117 Å². The van der Waals surface area contributed by atoms with Gasteiger partial charge in [-0.1, -0.05) is 18.0 Å². The molecule has 1 fully saturated rings. The van der Waals surface area contributed by atoms with Crippen molar-refractivity contribution in [2.75, 3.05) is 6.54 Å². The fraction of sp³-hybridized carbons (Fsp3) is 0.500. The number of aromatic nitrogens is 3. The number of hydrogen-bond acceptors (Lipinski definition) is 4. The summed E-state index contributed by atoms with van der Waals surface area (Å²) in [5.41, 5.74) is 1.62. The van der Waals surface area contributed by atoms with Crippen molar-refractivity contribution in [3.05, 3.63) is 35.7 Å². The van der Waals surface area contributed by atoms with Crippen LogP contribution in [0.4, 0.5) is 0 Å². The number of hydrogen-bond donors (Lipinski definition) is 1. The van der Waals surface area contributed by atoms with E-state index in [0.29, 0.717) is 5.82 Å². The van der Waals surface area contributed by atoms with Crippen molar-refractivity contribution in [2.45, 2.75) is 38.6 Å². The Morgan fingerprint density at radius 3 is 3.05 bits per heavy atom. The third-order valence-electron chi connectivity index (χ3n) is 3.87. The highest BCUT2D eigenvalue weighted by Gasteiger charge is 2.31. The summed E-state index contributed by atoms with van der Waals surface area (Å²) in [6.07, 6.45) is 7.23. The summed E-state index contributed by atoms with van der Waals surface area (Å²) in [7, 11) is 0. The predicted molar refractivity (Wildman–Crippen MR) is 72.1 cm³/mol. The smallest absolute Gasteiger partial charge is 0.256 e. The SMILES string of the molecule is Cc1[nH]ccc1C(=O)N1CCCCCC1c1ncon1. The number of aryl methyl sites for hydroxylation is 1. The molecule has 6 heteroatoms. The highest BCUT2D eigenvalue weighted by atomic mass is 16.5. The predicted octanol–water partition coefficient (Wildman–Crippen LogP) is 2.46. The van der Waals surface area contributed by atoms with Crippen LogP contribution in [0.15, 0.2) is 23.2 Å². The molecule has 1 unspecified atom stereocenters. The summed E-state index contributed by atoms with van der Waals surface area (Å²) in [5, 5.41) is 3.93. The first-order chi connectivity index (χ1) is 9.77. The Balaban J connectivity index is 1.91. The van der Waals surface area contributed by atoms with Gasteiger partial charge in [-0.05, 0) is 25.8 Å². The van der Waals surface area contributed by atoms with Gasteiger partial charge in [-0.2, -0.15) is 4.98 Å². The van der Waals surface area contributed by atoms with Crippen LogP contribution in [0.1, 0.15) is 53.6 Å². The monoisotopic (exact) mass is 274 g/mol. The Bertz CT molecular complexity index is 576. The normalized spacial score (nSPS) is 19.9. The van der Waals surface area contributed by atoms with Gasteiger partial charge in [0.1, 0.15) is 0 Å². The standard InChI is InChI=1S/C14H18N4O2/c1-10-11(6-7-15-10)14(19)18-8-4-2-3-5-12(18)13-16-9-20-17-13/h6-7,9,12,15H,2-5,8H2,1H3. The lowest BCUT2D eigenvalue weighted by Crippen LogP contribution is -2.35. The number of nitrogens with one attached hydrogen (secondary N) is 1. The summed E-state index contributed by atoms with van der Waals surface area (Å²) in [6, 6.07) is 1.74. The van der Waals surface area contributed by atoms with Gasteiger partial charge < -0.3 is 14.4 Å². The molecule has 3 heterocycles. The fourth-order valence-corrected chi connectivity index (χ4v) is 2.78. The number of rotatable bonds is 2. The first-order valence-electron chi connectivity index (χ1n) is 6.98. The average molecular weight is 274 g/mol. The molecule has 3 rings (SSSR count). The van der Waals surface area contributed by atoms with Crippen molar-refractivity contribution in [1.82, 2.24) is 20.0 Å². The number of carbonyl (C=O) groups is 1. The van der Waals surface area contributed by atoms with Crippen LogP contribution in [-0.4, -0.2) is 32.5 Å². The third-order valence-corrected chi connectivity index (χ3v) is 3.87. The van der Waals surface area contributed by atoms with Gasteiger partial charge in [0.2, 0.25) is 6.39 Å². The average Bonchev–Trinajstić information content (AvgIpc) is 3.05. The molecule has 0 saturated carbocycles. The number of nitrogens with zero attached hydrogens (tertiary/aromatic N) is 3. The van der Waals surface area contributed by atoms with Crippen LogP contribution >= 0.6 is 0 Å². The second-order valence-electron chi connectivity index (χ2n) is 5.17. The van der Waals surface area contributed by atoms with Crippen molar-refractivity contribution in [3.8, 4) is 0 Å². The van der Waals surface area contributed by atoms with Gasteiger partial charge in [0, 0.05) is 18.4 Å². The van der Waals surface area contributed by atoms with Gasteiger partial charge in [-0.3, -0.25) is 4.79 Å². The molecule has 0 bridgehead atoms. The van der Waals surface area contributed by atoms with Crippen LogP contribution in [0.5, 0.6) is 0 Å². The molecule has 0 radical (unpaired) electrons. The maximum atomic E-state index is 12.8. The van der Waals surface area contributed by atoms with E-state index in [1.807, 2.05) is 17.9 Å². The molecule has 6 nitrogen and oxygen atoms in total. The van der Waals surface area contributed by atoms with Crippen LogP contribution in [-0.2, 0) is 0 Å². The highest BCUT2D eigenvalue weighted by Crippen LogP contribution is 2.29. The maximum absolute atomic E-state index is 12.8. The van der Waals surface area contributed by atoms with Gasteiger partial charge in [0.05, 0.1) is 11.6 Å². The second-order valence-corrected chi connectivity index (χ2v) is 5.17. The number of carbonyl (C=O) groups excluding carboxylic acids is 1. The number of H-pyrrole nitrogens is 1. The molecule has 1 atom stereocenters. The lowest BCUT2D eigenvalue weighted by atomic mass is 10.1. The molecule has 2 aromatic rings.